The van der Waals surface area contributed by atoms with Gasteiger partial charge in [-0.1, -0.05) is 17.7 Å². The van der Waals surface area contributed by atoms with E-state index in [9.17, 15) is 9.90 Å². The largest absolute Gasteiger partial charge is 0.497 e. The lowest BCUT2D eigenvalue weighted by molar-refractivity contribution is -0.254. The van der Waals surface area contributed by atoms with Crippen LogP contribution in [-0.4, -0.2) is 61.3 Å². The molecular formula is C24H28O8. The maximum Gasteiger partial charge on any atom is 0.338 e. The molecule has 0 saturated carbocycles. The minimum Gasteiger partial charge on any atom is -0.497 e. The number of esters is 1. The first kappa shape index (κ1) is 22.5. The highest BCUT2D eigenvalue weighted by Gasteiger charge is 2.56. The van der Waals surface area contributed by atoms with Crippen molar-refractivity contribution in [1.29, 1.82) is 0 Å². The molecule has 4 rings (SSSR count). The zero-order valence-electron chi connectivity index (χ0n) is 18.5. The molecule has 2 heterocycles. The van der Waals surface area contributed by atoms with Crippen molar-refractivity contribution < 1.29 is 38.3 Å². The average Bonchev–Trinajstić information content (AvgIpc) is 3.11. The first-order valence-electron chi connectivity index (χ1n) is 10.5. The van der Waals surface area contributed by atoms with Crippen LogP contribution in [0.4, 0.5) is 0 Å². The Kier molecular flexibility index (Phi) is 6.39. The number of fused-ring (bicyclic) bond motifs is 1. The Labute approximate surface area is 186 Å². The molecule has 2 fully saturated rings. The number of ether oxygens (including phenoxy) is 6. The van der Waals surface area contributed by atoms with E-state index >= 15 is 0 Å². The van der Waals surface area contributed by atoms with Crippen molar-refractivity contribution in [1.82, 2.24) is 0 Å². The average molecular weight is 444 g/mol. The van der Waals surface area contributed by atoms with Crippen LogP contribution in [0.25, 0.3) is 0 Å². The Morgan fingerprint density at radius 3 is 2.28 bits per heavy atom. The first-order valence-corrected chi connectivity index (χ1v) is 10.5. The topological polar surface area (TPSA) is 92.7 Å². The molecule has 8 nitrogen and oxygen atoms in total. The normalized spacial score (nSPS) is 28.6. The van der Waals surface area contributed by atoms with Crippen LogP contribution >= 0.6 is 0 Å². The fourth-order valence-electron chi connectivity index (χ4n) is 3.80. The smallest absolute Gasteiger partial charge is 0.338 e. The summed E-state index contributed by atoms with van der Waals surface area (Å²) in [4.78, 5) is 12.5. The summed E-state index contributed by atoms with van der Waals surface area (Å²) in [6, 6.07) is 14.0. The maximum absolute atomic E-state index is 12.5. The monoisotopic (exact) mass is 444 g/mol. The molecule has 0 radical (unpaired) electrons. The van der Waals surface area contributed by atoms with E-state index < -0.39 is 42.5 Å². The van der Waals surface area contributed by atoms with Gasteiger partial charge in [-0.05, 0) is 57.2 Å². The number of carbonyl (C=O) groups is 1. The van der Waals surface area contributed by atoms with Crippen LogP contribution in [0.5, 0.6) is 11.5 Å². The molecule has 2 aromatic carbocycles. The van der Waals surface area contributed by atoms with Crippen LogP contribution in [0.3, 0.4) is 0 Å². The lowest BCUT2D eigenvalue weighted by Crippen LogP contribution is -2.59. The molecule has 0 unspecified atom stereocenters. The number of benzene rings is 2. The van der Waals surface area contributed by atoms with Crippen molar-refractivity contribution >= 4 is 5.97 Å². The quantitative estimate of drug-likeness (QED) is 0.680. The summed E-state index contributed by atoms with van der Waals surface area (Å²) in [6.07, 6.45) is -4.16. The van der Waals surface area contributed by atoms with Crippen LogP contribution < -0.4 is 9.47 Å². The molecular weight excluding hydrogens is 416 g/mol. The van der Waals surface area contributed by atoms with Crippen LogP contribution in [0.2, 0.25) is 0 Å². The van der Waals surface area contributed by atoms with Gasteiger partial charge in [-0.25, -0.2) is 4.79 Å². The minimum absolute atomic E-state index is 0.0808. The maximum atomic E-state index is 12.5. The van der Waals surface area contributed by atoms with Crippen molar-refractivity contribution in [2.24, 2.45) is 0 Å². The summed E-state index contributed by atoms with van der Waals surface area (Å²) in [5.74, 6) is -0.227. The van der Waals surface area contributed by atoms with Gasteiger partial charge < -0.3 is 33.5 Å². The molecule has 0 spiro atoms. The van der Waals surface area contributed by atoms with Gasteiger partial charge in [-0.2, -0.15) is 0 Å². The van der Waals surface area contributed by atoms with E-state index in [0.717, 1.165) is 5.56 Å². The number of aliphatic hydroxyl groups is 1. The predicted molar refractivity (Wildman–Crippen MR) is 114 cm³/mol. The van der Waals surface area contributed by atoms with Gasteiger partial charge in [0.25, 0.3) is 0 Å². The Balaban J connectivity index is 1.47. The van der Waals surface area contributed by atoms with Gasteiger partial charge in [0.15, 0.2) is 5.79 Å². The molecule has 1 N–H and O–H groups in total. The Morgan fingerprint density at radius 2 is 1.62 bits per heavy atom. The van der Waals surface area contributed by atoms with Crippen molar-refractivity contribution in [2.75, 3.05) is 13.7 Å². The molecule has 8 heteroatoms. The van der Waals surface area contributed by atoms with Crippen molar-refractivity contribution in [3.05, 3.63) is 59.7 Å². The molecule has 172 valence electrons. The first-order chi connectivity index (χ1) is 15.3. The number of methoxy groups -OCH3 is 1. The van der Waals surface area contributed by atoms with Crippen LogP contribution in [-0.2, 0) is 18.9 Å². The third-order valence-corrected chi connectivity index (χ3v) is 5.43. The molecule has 0 amide bonds. The van der Waals surface area contributed by atoms with E-state index in [2.05, 4.69) is 0 Å². The molecule has 5 atom stereocenters. The SMILES string of the molecule is COc1ccc(O[C@@H]2O[C@H](COC(=O)c3ccc(C)cc3)[C@@H]3OC(C)(C)O[C@@H]3[C@H]2O)cc1. The van der Waals surface area contributed by atoms with Gasteiger partial charge in [0, 0.05) is 0 Å². The third-order valence-electron chi connectivity index (χ3n) is 5.43. The van der Waals surface area contributed by atoms with Gasteiger partial charge in [-0.3, -0.25) is 0 Å². The molecule has 0 aliphatic carbocycles. The van der Waals surface area contributed by atoms with E-state index in [1.54, 1.807) is 57.4 Å². The zero-order valence-corrected chi connectivity index (χ0v) is 18.5. The van der Waals surface area contributed by atoms with E-state index in [-0.39, 0.29) is 6.61 Å². The van der Waals surface area contributed by atoms with Crippen LogP contribution in [0, 0.1) is 6.92 Å². The molecule has 0 aromatic heterocycles. The highest BCUT2D eigenvalue weighted by atomic mass is 16.8. The second-order valence-electron chi connectivity index (χ2n) is 8.36. The van der Waals surface area contributed by atoms with E-state index in [1.807, 2.05) is 19.1 Å². The number of hydrogen-bond acceptors (Lipinski definition) is 8. The predicted octanol–water partition coefficient (Wildman–Crippen LogP) is 2.85. The molecule has 2 aliphatic heterocycles. The Morgan fingerprint density at radius 1 is 1.00 bits per heavy atom. The minimum atomic E-state index is -1.10. The number of aryl methyl sites for hydroxylation is 1. The van der Waals surface area contributed by atoms with Crippen LogP contribution in [0.15, 0.2) is 48.5 Å². The van der Waals surface area contributed by atoms with Gasteiger partial charge >= 0.3 is 5.97 Å². The second-order valence-corrected chi connectivity index (χ2v) is 8.36. The highest BCUT2D eigenvalue weighted by Crippen LogP contribution is 2.38. The molecule has 2 aromatic rings. The van der Waals surface area contributed by atoms with E-state index in [1.165, 1.54) is 0 Å². The van der Waals surface area contributed by atoms with Gasteiger partial charge in [0.2, 0.25) is 6.29 Å². The Hall–Kier alpha value is -2.65. The van der Waals surface area contributed by atoms with Crippen molar-refractivity contribution in [3.8, 4) is 11.5 Å². The van der Waals surface area contributed by atoms with E-state index in [0.29, 0.717) is 17.1 Å². The summed E-state index contributed by atoms with van der Waals surface area (Å²) < 4.78 is 34.4. The number of aliphatic hydroxyl groups excluding tert-OH is 1. The lowest BCUT2D eigenvalue weighted by Gasteiger charge is -2.39. The Bertz CT molecular complexity index is 924. The van der Waals surface area contributed by atoms with Crippen molar-refractivity contribution in [2.45, 2.75) is 57.3 Å². The summed E-state index contributed by atoms with van der Waals surface area (Å²) >= 11 is 0. The van der Waals surface area contributed by atoms with Gasteiger partial charge in [0.1, 0.15) is 42.5 Å². The van der Waals surface area contributed by atoms with Gasteiger partial charge in [-0.15, -0.1) is 0 Å². The highest BCUT2D eigenvalue weighted by molar-refractivity contribution is 5.89. The summed E-state index contributed by atoms with van der Waals surface area (Å²) in [5.41, 5.74) is 1.49. The summed E-state index contributed by atoms with van der Waals surface area (Å²) in [7, 11) is 1.58. The number of carbonyl (C=O) groups excluding carboxylic acids is 1. The number of rotatable bonds is 6. The molecule has 2 aliphatic rings. The molecule has 0 bridgehead atoms. The van der Waals surface area contributed by atoms with Crippen molar-refractivity contribution in [3.63, 3.8) is 0 Å². The fourth-order valence-corrected chi connectivity index (χ4v) is 3.80. The fraction of sp³-hybridized carbons (Fsp3) is 0.458. The number of hydrogen-bond donors (Lipinski definition) is 1. The van der Waals surface area contributed by atoms with Gasteiger partial charge in [0.05, 0.1) is 12.7 Å². The second kappa shape index (κ2) is 9.07. The summed E-state index contributed by atoms with van der Waals surface area (Å²) in [5, 5.41) is 10.8. The summed E-state index contributed by atoms with van der Waals surface area (Å²) in [6.45, 7) is 5.38. The van der Waals surface area contributed by atoms with E-state index in [4.69, 9.17) is 28.4 Å². The third kappa shape index (κ3) is 4.88. The zero-order chi connectivity index (χ0) is 22.9. The standard InChI is InChI=1S/C24H28O8/c1-14-5-7-15(8-6-14)22(26)28-13-18-20-21(32-24(2,3)31-20)19(25)23(30-18)29-17-11-9-16(27-4)10-12-17/h5-12,18-21,23,25H,13H2,1-4H3/t18-,19-,20+,21-,23-/m1/s1. The molecule has 2 saturated heterocycles. The lowest BCUT2D eigenvalue weighted by atomic mass is 9.99. The molecule has 32 heavy (non-hydrogen) atoms. The van der Waals surface area contributed by atoms with Crippen LogP contribution in [0.1, 0.15) is 29.8 Å².